The first-order valence-electron chi connectivity index (χ1n) is 8.50. The van der Waals surface area contributed by atoms with E-state index in [2.05, 4.69) is 20.5 Å². The van der Waals surface area contributed by atoms with Crippen LogP contribution in [0, 0.1) is 5.92 Å². The van der Waals surface area contributed by atoms with Crippen molar-refractivity contribution in [2.24, 2.45) is 10.9 Å². The monoisotopic (exact) mass is 456 g/mol. The third-order valence-electron chi connectivity index (χ3n) is 3.79. The number of ether oxygens (including phenoxy) is 2. The van der Waals surface area contributed by atoms with Crippen LogP contribution >= 0.6 is 24.0 Å². The molecule has 0 aliphatic carbocycles. The van der Waals surface area contributed by atoms with Gasteiger partial charge in [-0.3, -0.25) is 9.79 Å². The average molecular weight is 456 g/mol. The first kappa shape index (κ1) is 23.4. The Balaban J connectivity index is 0.00000529. The van der Waals surface area contributed by atoms with Gasteiger partial charge in [-0.25, -0.2) is 0 Å². The summed E-state index contributed by atoms with van der Waals surface area (Å²) in [6.45, 7) is 7.35. The van der Waals surface area contributed by atoms with Gasteiger partial charge in [-0.15, -0.1) is 24.0 Å². The van der Waals surface area contributed by atoms with Gasteiger partial charge in [-0.1, -0.05) is 6.92 Å². The zero-order valence-electron chi connectivity index (χ0n) is 15.2. The Labute approximate surface area is 162 Å². The van der Waals surface area contributed by atoms with Gasteiger partial charge in [0.25, 0.3) is 0 Å². The lowest BCUT2D eigenvalue weighted by molar-refractivity contribution is -0.120. The molecule has 142 valence electrons. The maximum absolute atomic E-state index is 11.6. The molecular weight excluding hydrogens is 423 g/mol. The highest BCUT2D eigenvalue weighted by Gasteiger charge is 2.24. The van der Waals surface area contributed by atoms with Crippen molar-refractivity contribution in [3.8, 4) is 0 Å². The largest absolute Gasteiger partial charge is 0.382 e. The van der Waals surface area contributed by atoms with Gasteiger partial charge in [0.2, 0.25) is 5.91 Å². The summed E-state index contributed by atoms with van der Waals surface area (Å²) in [6.07, 6.45) is 2.53. The fourth-order valence-electron chi connectivity index (χ4n) is 2.53. The zero-order valence-corrected chi connectivity index (χ0v) is 17.5. The number of nitrogens with zero attached hydrogens (tertiary/aromatic N) is 2. The molecule has 0 bridgehead atoms. The fraction of sp³-hybridized carbons (Fsp3) is 0.875. The van der Waals surface area contributed by atoms with Crippen molar-refractivity contribution in [1.29, 1.82) is 0 Å². The van der Waals surface area contributed by atoms with E-state index in [-0.39, 0.29) is 29.9 Å². The van der Waals surface area contributed by atoms with Gasteiger partial charge in [0.1, 0.15) is 0 Å². The molecule has 1 rings (SSSR count). The highest BCUT2D eigenvalue weighted by molar-refractivity contribution is 14.0. The molecule has 1 saturated heterocycles. The molecule has 0 aromatic carbocycles. The smallest absolute Gasteiger partial charge is 0.221 e. The van der Waals surface area contributed by atoms with Crippen molar-refractivity contribution in [3.63, 3.8) is 0 Å². The molecular formula is C16H33IN4O3. The van der Waals surface area contributed by atoms with Crippen molar-refractivity contribution in [2.45, 2.75) is 26.2 Å². The molecule has 0 aromatic rings. The first-order valence-corrected chi connectivity index (χ1v) is 8.50. The predicted octanol–water partition coefficient (Wildman–Crippen LogP) is 1.08. The van der Waals surface area contributed by atoms with Gasteiger partial charge in [0.15, 0.2) is 5.96 Å². The molecule has 0 radical (unpaired) electrons. The van der Waals surface area contributed by atoms with E-state index in [1.165, 1.54) is 0 Å². The van der Waals surface area contributed by atoms with Gasteiger partial charge in [-0.2, -0.15) is 0 Å². The Hall–Kier alpha value is -0.610. The second-order valence-electron chi connectivity index (χ2n) is 5.74. The average Bonchev–Trinajstić information content (AvgIpc) is 3.02. The fourth-order valence-corrected chi connectivity index (χ4v) is 2.53. The van der Waals surface area contributed by atoms with E-state index < -0.39 is 0 Å². The summed E-state index contributed by atoms with van der Waals surface area (Å²) in [5, 5.41) is 6.14. The lowest BCUT2D eigenvalue weighted by Gasteiger charge is -2.21. The van der Waals surface area contributed by atoms with Crippen LogP contribution in [0.4, 0.5) is 0 Å². The number of nitrogens with one attached hydrogen (secondary N) is 2. The third kappa shape index (κ3) is 9.63. The number of hydrogen-bond acceptors (Lipinski definition) is 4. The van der Waals surface area contributed by atoms with Crippen molar-refractivity contribution < 1.29 is 14.3 Å². The quantitative estimate of drug-likeness (QED) is 0.223. The van der Waals surface area contributed by atoms with Crippen LogP contribution in [0.15, 0.2) is 4.99 Å². The summed E-state index contributed by atoms with van der Waals surface area (Å²) >= 11 is 0. The highest BCUT2D eigenvalue weighted by atomic mass is 127. The van der Waals surface area contributed by atoms with Gasteiger partial charge >= 0.3 is 0 Å². The second-order valence-corrected chi connectivity index (χ2v) is 5.74. The molecule has 1 amide bonds. The minimum absolute atomic E-state index is 0. The van der Waals surface area contributed by atoms with Crippen molar-refractivity contribution in [2.75, 3.05) is 60.2 Å². The van der Waals surface area contributed by atoms with Crippen LogP contribution in [-0.4, -0.2) is 76.9 Å². The number of halogens is 1. The number of carbonyl (C=O) groups is 1. The highest BCUT2D eigenvalue weighted by Crippen LogP contribution is 2.16. The van der Waals surface area contributed by atoms with E-state index in [1.807, 2.05) is 6.92 Å². The normalized spacial score (nSPS) is 17.5. The molecule has 8 heteroatoms. The number of carbonyl (C=O) groups excluding carboxylic acids is 1. The maximum atomic E-state index is 11.6. The molecule has 24 heavy (non-hydrogen) atoms. The van der Waals surface area contributed by atoms with E-state index in [4.69, 9.17) is 9.47 Å². The van der Waals surface area contributed by atoms with Crippen LogP contribution < -0.4 is 10.6 Å². The van der Waals surface area contributed by atoms with Crippen LogP contribution in [0.3, 0.4) is 0 Å². The Morgan fingerprint density at radius 1 is 1.29 bits per heavy atom. The van der Waals surface area contributed by atoms with Crippen molar-refractivity contribution in [1.82, 2.24) is 15.5 Å². The summed E-state index contributed by atoms with van der Waals surface area (Å²) in [5.41, 5.74) is 0. The molecule has 1 atom stereocenters. The van der Waals surface area contributed by atoms with E-state index in [0.29, 0.717) is 32.1 Å². The number of likely N-dealkylation sites (tertiary alicyclic amines) is 1. The molecule has 1 fully saturated rings. The van der Waals surface area contributed by atoms with Crippen LogP contribution in [-0.2, 0) is 14.3 Å². The van der Waals surface area contributed by atoms with E-state index in [9.17, 15) is 4.79 Å². The van der Waals surface area contributed by atoms with E-state index in [0.717, 1.165) is 45.0 Å². The topological polar surface area (TPSA) is 75.2 Å². The number of hydrogen-bond donors (Lipinski definition) is 2. The summed E-state index contributed by atoms with van der Waals surface area (Å²) in [5.74, 6) is 1.48. The first-order chi connectivity index (χ1) is 11.2. The summed E-state index contributed by atoms with van der Waals surface area (Å²) in [6, 6.07) is 0. The Kier molecular flexibility index (Phi) is 14.3. The number of amides is 1. The van der Waals surface area contributed by atoms with Crippen LogP contribution in [0.1, 0.15) is 26.2 Å². The lowest BCUT2D eigenvalue weighted by Crippen LogP contribution is -2.41. The summed E-state index contributed by atoms with van der Waals surface area (Å²) < 4.78 is 10.6. The Morgan fingerprint density at radius 2 is 2.08 bits per heavy atom. The van der Waals surface area contributed by atoms with E-state index >= 15 is 0 Å². The number of aliphatic imine (C=N–C) groups is 1. The molecule has 0 saturated carbocycles. The molecule has 1 heterocycles. The summed E-state index contributed by atoms with van der Waals surface area (Å²) in [4.78, 5) is 18.1. The van der Waals surface area contributed by atoms with Crippen molar-refractivity contribution >= 4 is 35.8 Å². The van der Waals surface area contributed by atoms with Crippen LogP contribution in [0.2, 0.25) is 0 Å². The van der Waals surface area contributed by atoms with Crippen molar-refractivity contribution in [3.05, 3.63) is 0 Å². The zero-order chi connectivity index (χ0) is 16.9. The number of methoxy groups -OCH3 is 1. The SMILES string of the molecule is CCCNC(=O)CCNC(=NC)N1CCC(COCCOC)C1.I. The Morgan fingerprint density at radius 3 is 2.75 bits per heavy atom. The molecule has 0 aromatic heterocycles. The van der Waals surface area contributed by atoms with Gasteiger partial charge in [0.05, 0.1) is 19.8 Å². The minimum Gasteiger partial charge on any atom is -0.382 e. The molecule has 1 unspecified atom stereocenters. The molecule has 1 aliphatic rings. The number of guanidine groups is 1. The lowest BCUT2D eigenvalue weighted by atomic mass is 10.1. The summed E-state index contributed by atoms with van der Waals surface area (Å²) in [7, 11) is 3.46. The standard InChI is InChI=1S/C16H32N4O3.HI/c1-4-7-18-15(21)5-8-19-16(17-2)20-9-6-14(12-20)13-23-11-10-22-3;/h14H,4-13H2,1-3H3,(H,17,19)(H,18,21);1H. The Bertz CT molecular complexity index is 369. The molecule has 1 aliphatic heterocycles. The van der Waals surface area contributed by atoms with Gasteiger partial charge in [-0.05, 0) is 12.8 Å². The second kappa shape index (κ2) is 14.7. The third-order valence-corrected chi connectivity index (χ3v) is 3.79. The maximum Gasteiger partial charge on any atom is 0.221 e. The van der Waals surface area contributed by atoms with Crippen LogP contribution in [0.25, 0.3) is 0 Å². The van der Waals surface area contributed by atoms with Crippen LogP contribution in [0.5, 0.6) is 0 Å². The number of rotatable bonds is 10. The molecule has 0 spiro atoms. The van der Waals surface area contributed by atoms with Gasteiger partial charge < -0.3 is 25.0 Å². The van der Waals surface area contributed by atoms with Gasteiger partial charge in [0, 0.05) is 52.7 Å². The van der Waals surface area contributed by atoms with E-state index in [1.54, 1.807) is 14.2 Å². The minimum atomic E-state index is 0. The molecule has 2 N–H and O–H groups in total. The molecule has 7 nitrogen and oxygen atoms in total. The predicted molar refractivity (Wildman–Crippen MR) is 107 cm³/mol.